The molecule has 0 aromatic heterocycles. The number of carbonyl (C=O) groups excluding carboxylic acids is 2. The third-order valence-electron chi connectivity index (χ3n) is 4.04. The van der Waals surface area contributed by atoms with Gasteiger partial charge in [0.05, 0.1) is 11.4 Å². The molecule has 1 atom stereocenters. The second kappa shape index (κ2) is 10.1. The van der Waals surface area contributed by atoms with Crippen molar-refractivity contribution in [1.29, 1.82) is 0 Å². The molecule has 27 heavy (non-hydrogen) atoms. The standard InChI is InChI=1S/C19H27N3O4S/c1-6-12-20-19(24)17(14(4)5)21-18(23)15-10-9-11-16(13-15)27(25,26)22(7-2)8-3/h1,9-11,13-14,17H,7-8,12H2,2-5H3,(H,20,24)(H,21,23). The van der Waals surface area contributed by atoms with Crippen LogP contribution in [0.1, 0.15) is 38.1 Å². The maximum Gasteiger partial charge on any atom is 0.251 e. The zero-order valence-electron chi connectivity index (χ0n) is 16.2. The van der Waals surface area contributed by atoms with Crippen LogP contribution >= 0.6 is 0 Å². The number of nitrogens with zero attached hydrogens (tertiary/aromatic N) is 1. The number of nitrogens with one attached hydrogen (secondary N) is 2. The first-order valence-electron chi connectivity index (χ1n) is 8.81. The molecule has 0 saturated carbocycles. The van der Waals surface area contributed by atoms with Crippen LogP contribution in [0.15, 0.2) is 29.2 Å². The minimum atomic E-state index is -3.68. The molecule has 148 valence electrons. The molecule has 0 heterocycles. The largest absolute Gasteiger partial charge is 0.343 e. The first kappa shape index (κ1) is 22.7. The molecule has 0 radical (unpaired) electrons. The fourth-order valence-electron chi connectivity index (χ4n) is 2.52. The van der Waals surface area contributed by atoms with E-state index in [4.69, 9.17) is 6.42 Å². The Bertz CT molecular complexity index is 808. The molecular weight excluding hydrogens is 366 g/mol. The quantitative estimate of drug-likeness (QED) is 0.617. The smallest absolute Gasteiger partial charge is 0.251 e. The number of sulfonamides is 1. The molecule has 1 aromatic rings. The van der Waals surface area contributed by atoms with E-state index < -0.39 is 22.0 Å². The summed E-state index contributed by atoms with van der Waals surface area (Å²) in [7, 11) is -3.68. The minimum absolute atomic E-state index is 0.0386. The maximum atomic E-state index is 12.6. The van der Waals surface area contributed by atoms with Gasteiger partial charge in [0.25, 0.3) is 5.91 Å². The molecule has 1 unspecified atom stereocenters. The van der Waals surface area contributed by atoms with Crippen molar-refractivity contribution in [3.63, 3.8) is 0 Å². The van der Waals surface area contributed by atoms with Crippen LogP contribution in [-0.4, -0.2) is 50.2 Å². The van der Waals surface area contributed by atoms with Gasteiger partial charge in [0.2, 0.25) is 15.9 Å². The number of carbonyl (C=O) groups is 2. The monoisotopic (exact) mass is 393 g/mol. The lowest BCUT2D eigenvalue weighted by atomic mass is 10.0. The molecule has 2 N–H and O–H groups in total. The first-order chi connectivity index (χ1) is 12.7. The lowest BCUT2D eigenvalue weighted by molar-refractivity contribution is -0.123. The summed E-state index contributed by atoms with van der Waals surface area (Å²) >= 11 is 0. The Hall–Kier alpha value is -2.37. The molecule has 1 aromatic carbocycles. The van der Waals surface area contributed by atoms with Gasteiger partial charge in [-0.3, -0.25) is 9.59 Å². The molecule has 2 amide bonds. The van der Waals surface area contributed by atoms with E-state index in [1.807, 2.05) is 0 Å². The van der Waals surface area contributed by atoms with Crippen molar-refractivity contribution in [3.05, 3.63) is 29.8 Å². The molecule has 7 nitrogen and oxygen atoms in total. The van der Waals surface area contributed by atoms with Crippen LogP contribution < -0.4 is 10.6 Å². The highest BCUT2D eigenvalue weighted by atomic mass is 32.2. The zero-order valence-corrected chi connectivity index (χ0v) is 17.0. The molecule has 0 saturated heterocycles. The highest BCUT2D eigenvalue weighted by Gasteiger charge is 2.26. The van der Waals surface area contributed by atoms with Crippen molar-refractivity contribution in [2.75, 3.05) is 19.6 Å². The van der Waals surface area contributed by atoms with Crippen LogP contribution in [-0.2, 0) is 14.8 Å². The van der Waals surface area contributed by atoms with Crippen molar-refractivity contribution in [2.45, 2.75) is 38.6 Å². The Morgan fingerprint density at radius 1 is 1.22 bits per heavy atom. The van der Waals surface area contributed by atoms with E-state index in [-0.39, 0.29) is 28.8 Å². The van der Waals surface area contributed by atoms with E-state index in [2.05, 4.69) is 16.6 Å². The Labute approximate surface area is 161 Å². The minimum Gasteiger partial charge on any atom is -0.343 e. The Morgan fingerprint density at radius 3 is 2.37 bits per heavy atom. The fraction of sp³-hybridized carbons (Fsp3) is 0.474. The third kappa shape index (κ3) is 5.81. The van der Waals surface area contributed by atoms with Gasteiger partial charge in [-0.15, -0.1) is 6.42 Å². The molecule has 8 heteroatoms. The zero-order chi connectivity index (χ0) is 20.6. The van der Waals surface area contributed by atoms with Gasteiger partial charge in [0.1, 0.15) is 6.04 Å². The second-order valence-electron chi connectivity index (χ2n) is 6.23. The number of rotatable bonds is 9. The summed E-state index contributed by atoms with van der Waals surface area (Å²) in [6, 6.07) is 5.00. The topological polar surface area (TPSA) is 95.6 Å². The van der Waals surface area contributed by atoms with Crippen molar-refractivity contribution in [3.8, 4) is 12.3 Å². The van der Waals surface area contributed by atoms with Gasteiger partial charge >= 0.3 is 0 Å². The molecule has 0 aliphatic rings. The van der Waals surface area contributed by atoms with Crippen LogP contribution in [0.2, 0.25) is 0 Å². The van der Waals surface area contributed by atoms with E-state index in [9.17, 15) is 18.0 Å². The summed E-state index contributed by atoms with van der Waals surface area (Å²) in [6.07, 6.45) is 5.14. The number of benzene rings is 1. The summed E-state index contributed by atoms with van der Waals surface area (Å²) in [5.74, 6) is 1.22. The van der Waals surface area contributed by atoms with Gasteiger partial charge in [-0.1, -0.05) is 39.7 Å². The highest BCUT2D eigenvalue weighted by Crippen LogP contribution is 2.17. The summed E-state index contributed by atoms with van der Waals surface area (Å²) in [4.78, 5) is 24.8. The molecular formula is C19H27N3O4S. The lowest BCUT2D eigenvalue weighted by Crippen LogP contribution is -2.49. The van der Waals surface area contributed by atoms with E-state index in [0.29, 0.717) is 13.1 Å². The number of terminal acetylenes is 1. The normalized spacial score (nSPS) is 12.5. The predicted octanol–water partition coefficient (Wildman–Crippen LogP) is 1.22. The highest BCUT2D eigenvalue weighted by molar-refractivity contribution is 7.89. The van der Waals surface area contributed by atoms with Gasteiger partial charge in [0, 0.05) is 18.7 Å². The maximum absolute atomic E-state index is 12.6. The Morgan fingerprint density at radius 2 is 1.85 bits per heavy atom. The molecule has 0 spiro atoms. The first-order valence-corrected chi connectivity index (χ1v) is 10.2. The van der Waals surface area contributed by atoms with Crippen LogP contribution in [0.3, 0.4) is 0 Å². The van der Waals surface area contributed by atoms with Gasteiger partial charge in [-0.2, -0.15) is 4.31 Å². The van der Waals surface area contributed by atoms with Gasteiger partial charge in [-0.25, -0.2) is 8.42 Å². The van der Waals surface area contributed by atoms with Crippen molar-refractivity contribution >= 4 is 21.8 Å². The van der Waals surface area contributed by atoms with Gasteiger partial charge in [-0.05, 0) is 24.1 Å². The second-order valence-corrected chi connectivity index (χ2v) is 8.17. The molecule has 0 bridgehead atoms. The van der Waals surface area contributed by atoms with Crippen molar-refractivity contribution < 1.29 is 18.0 Å². The number of hydrogen-bond acceptors (Lipinski definition) is 4. The van der Waals surface area contributed by atoms with Gasteiger partial charge in [0.15, 0.2) is 0 Å². The van der Waals surface area contributed by atoms with E-state index in [1.165, 1.54) is 28.6 Å². The third-order valence-corrected chi connectivity index (χ3v) is 6.09. The van der Waals surface area contributed by atoms with Gasteiger partial charge < -0.3 is 10.6 Å². The molecule has 0 aliphatic carbocycles. The number of amides is 2. The average molecular weight is 394 g/mol. The van der Waals surface area contributed by atoms with Crippen molar-refractivity contribution in [2.24, 2.45) is 5.92 Å². The van der Waals surface area contributed by atoms with E-state index in [0.717, 1.165) is 0 Å². The van der Waals surface area contributed by atoms with Crippen LogP contribution in [0, 0.1) is 18.3 Å². The van der Waals surface area contributed by atoms with Crippen LogP contribution in [0.4, 0.5) is 0 Å². The predicted molar refractivity (Wildman–Crippen MR) is 104 cm³/mol. The number of hydrogen-bond donors (Lipinski definition) is 2. The molecule has 0 aliphatic heterocycles. The summed E-state index contributed by atoms with van der Waals surface area (Å²) in [6.45, 7) is 7.82. The van der Waals surface area contributed by atoms with Crippen LogP contribution in [0.5, 0.6) is 0 Å². The van der Waals surface area contributed by atoms with E-state index >= 15 is 0 Å². The summed E-state index contributed by atoms with van der Waals surface area (Å²) in [5.41, 5.74) is 0.165. The van der Waals surface area contributed by atoms with Crippen LogP contribution in [0.25, 0.3) is 0 Å². The fourth-order valence-corrected chi connectivity index (χ4v) is 4.02. The van der Waals surface area contributed by atoms with Crippen molar-refractivity contribution in [1.82, 2.24) is 14.9 Å². The SMILES string of the molecule is C#CCNC(=O)C(NC(=O)c1cccc(S(=O)(=O)N(CC)CC)c1)C(C)C. The lowest BCUT2D eigenvalue weighted by Gasteiger charge is -2.22. The Kier molecular flexibility index (Phi) is 8.47. The van der Waals surface area contributed by atoms with E-state index in [1.54, 1.807) is 27.7 Å². The summed E-state index contributed by atoms with van der Waals surface area (Å²) in [5, 5.41) is 5.19. The molecule has 1 rings (SSSR count). The average Bonchev–Trinajstić information content (AvgIpc) is 2.64. The summed E-state index contributed by atoms with van der Waals surface area (Å²) < 4.78 is 26.6. The Balaban J connectivity index is 3.08. The molecule has 0 fully saturated rings.